The molecule has 21 heavy (non-hydrogen) atoms. The van der Waals surface area contributed by atoms with Crippen molar-refractivity contribution in [2.24, 2.45) is 10.8 Å². The molecule has 0 unspecified atom stereocenters. The number of unbranched alkanes of at least 4 members (excludes halogenated alkanes) is 3. The third kappa shape index (κ3) is 6.43. The van der Waals surface area contributed by atoms with E-state index in [-0.39, 0.29) is 11.5 Å². The Hall–Kier alpha value is -2.55. The molecule has 1 rings (SSSR count). The van der Waals surface area contributed by atoms with Crippen LogP contribution in [0, 0.1) is 16.7 Å². The Kier molecular flexibility index (Phi) is 7.36. The van der Waals surface area contributed by atoms with E-state index in [1.807, 2.05) is 12.1 Å². The van der Waals surface area contributed by atoms with E-state index < -0.39 is 0 Å². The maximum absolute atomic E-state index is 8.72. The number of hydrazone groups is 1. The van der Waals surface area contributed by atoms with Crippen molar-refractivity contribution in [2.75, 3.05) is 12.0 Å². The van der Waals surface area contributed by atoms with Gasteiger partial charge in [-0.25, -0.2) is 0 Å². The minimum Gasteiger partial charge on any atom is -0.494 e. The van der Waals surface area contributed by atoms with E-state index in [9.17, 15) is 0 Å². The lowest BCUT2D eigenvalue weighted by atomic mass is 10.2. The monoisotopic (exact) mass is 287 g/mol. The summed E-state index contributed by atoms with van der Waals surface area (Å²) in [6, 6.07) is 8.99. The zero-order valence-corrected chi connectivity index (χ0v) is 12.2. The summed E-state index contributed by atoms with van der Waals surface area (Å²) in [5.74, 6) is 0.435. The summed E-state index contributed by atoms with van der Waals surface area (Å²) in [6.07, 6.45) is 4.70. The quantitative estimate of drug-likeness (QED) is 0.281. The van der Waals surface area contributed by atoms with Crippen molar-refractivity contribution in [3.05, 3.63) is 24.3 Å². The summed E-state index contributed by atoms with van der Waals surface area (Å²) in [4.78, 5) is 0. The maximum Gasteiger partial charge on any atom is 0.201 e. The van der Waals surface area contributed by atoms with Crippen molar-refractivity contribution in [3.8, 4) is 11.8 Å². The molecule has 1 aromatic carbocycles. The normalized spacial score (nSPS) is 10.8. The SMILES string of the molecule is CCCCCCOc1ccc(N/N=C(\C#N)C(=N)N)cc1. The Bertz CT molecular complexity index is 516. The summed E-state index contributed by atoms with van der Waals surface area (Å²) < 4.78 is 5.62. The molecule has 4 N–H and O–H groups in total. The summed E-state index contributed by atoms with van der Waals surface area (Å²) in [5, 5.41) is 19.6. The highest BCUT2D eigenvalue weighted by molar-refractivity contribution is 6.45. The van der Waals surface area contributed by atoms with Crippen LogP contribution in [0.25, 0.3) is 0 Å². The largest absolute Gasteiger partial charge is 0.494 e. The number of benzene rings is 1. The van der Waals surface area contributed by atoms with E-state index in [2.05, 4.69) is 17.5 Å². The fraction of sp³-hybridized carbons (Fsp3) is 0.400. The summed E-state index contributed by atoms with van der Waals surface area (Å²) in [5.41, 5.74) is 8.42. The van der Waals surface area contributed by atoms with Gasteiger partial charge in [0.05, 0.1) is 12.3 Å². The maximum atomic E-state index is 8.72. The molecule has 1 aromatic rings. The molecule has 0 fully saturated rings. The van der Waals surface area contributed by atoms with Crippen molar-refractivity contribution in [1.82, 2.24) is 0 Å². The second-order valence-electron chi connectivity index (χ2n) is 4.53. The smallest absolute Gasteiger partial charge is 0.201 e. The number of rotatable bonds is 9. The number of nitrogens with zero attached hydrogens (tertiary/aromatic N) is 2. The van der Waals surface area contributed by atoms with Gasteiger partial charge < -0.3 is 10.5 Å². The second-order valence-corrected chi connectivity index (χ2v) is 4.53. The van der Waals surface area contributed by atoms with Crippen LogP contribution in [0.2, 0.25) is 0 Å². The highest BCUT2D eigenvalue weighted by Gasteiger charge is 2.01. The number of ether oxygens (including phenoxy) is 1. The summed E-state index contributed by atoms with van der Waals surface area (Å²) in [6.45, 7) is 2.90. The van der Waals surface area contributed by atoms with Crippen molar-refractivity contribution in [1.29, 1.82) is 10.7 Å². The first kappa shape index (κ1) is 16.5. The topological polar surface area (TPSA) is 107 Å². The Morgan fingerprint density at radius 3 is 2.62 bits per heavy atom. The van der Waals surface area contributed by atoms with Crippen LogP contribution in [-0.2, 0) is 0 Å². The van der Waals surface area contributed by atoms with Gasteiger partial charge in [-0.2, -0.15) is 10.4 Å². The van der Waals surface area contributed by atoms with Crippen molar-refractivity contribution >= 4 is 17.2 Å². The molecule has 0 saturated carbocycles. The molecule has 0 amide bonds. The van der Waals surface area contributed by atoms with E-state index in [0.717, 1.165) is 12.2 Å². The van der Waals surface area contributed by atoms with Crippen molar-refractivity contribution in [3.63, 3.8) is 0 Å². The molecule has 0 aliphatic carbocycles. The van der Waals surface area contributed by atoms with E-state index >= 15 is 0 Å². The Labute approximate surface area is 125 Å². The first-order valence-corrected chi connectivity index (χ1v) is 6.98. The zero-order chi connectivity index (χ0) is 15.5. The molecule has 0 bridgehead atoms. The average molecular weight is 287 g/mol. The summed E-state index contributed by atoms with van der Waals surface area (Å²) >= 11 is 0. The first-order chi connectivity index (χ1) is 10.2. The molecular formula is C15H21N5O. The van der Waals surface area contributed by atoms with Gasteiger partial charge in [0.1, 0.15) is 11.8 Å². The van der Waals surface area contributed by atoms with Crippen LogP contribution >= 0.6 is 0 Å². The van der Waals surface area contributed by atoms with E-state index in [0.29, 0.717) is 12.3 Å². The predicted octanol–water partition coefficient (Wildman–Crippen LogP) is 2.87. The first-order valence-electron chi connectivity index (χ1n) is 6.98. The number of amidine groups is 1. The number of anilines is 1. The Balaban J connectivity index is 2.44. The third-order valence-electron chi connectivity index (χ3n) is 2.78. The van der Waals surface area contributed by atoms with Gasteiger partial charge in [-0.15, -0.1) is 0 Å². The highest BCUT2D eigenvalue weighted by Crippen LogP contribution is 2.16. The average Bonchev–Trinajstić information content (AvgIpc) is 2.49. The van der Waals surface area contributed by atoms with Crippen LogP contribution in [0.5, 0.6) is 5.75 Å². The Morgan fingerprint density at radius 1 is 1.33 bits per heavy atom. The fourth-order valence-electron chi connectivity index (χ4n) is 1.61. The Morgan fingerprint density at radius 2 is 2.05 bits per heavy atom. The van der Waals surface area contributed by atoms with Crippen LogP contribution in [0.1, 0.15) is 32.6 Å². The molecule has 0 heterocycles. The zero-order valence-electron chi connectivity index (χ0n) is 12.2. The molecule has 6 nitrogen and oxygen atoms in total. The van der Waals surface area contributed by atoms with Crippen molar-refractivity contribution in [2.45, 2.75) is 32.6 Å². The predicted molar refractivity (Wildman–Crippen MR) is 84.7 cm³/mol. The molecule has 0 aromatic heterocycles. The molecule has 0 aliphatic heterocycles. The van der Waals surface area contributed by atoms with Crippen LogP contribution < -0.4 is 15.9 Å². The van der Waals surface area contributed by atoms with Crippen LogP contribution in [0.3, 0.4) is 0 Å². The second kappa shape index (κ2) is 9.37. The van der Waals surface area contributed by atoms with Crippen LogP contribution in [-0.4, -0.2) is 18.2 Å². The molecule has 112 valence electrons. The molecule has 0 atom stereocenters. The van der Waals surface area contributed by atoms with Gasteiger partial charge in [-0.3, -0.25) is 10.8 Å². The van der Waals surface area contributed by atoms with E-state index in [1.54, 1.807) is 18.2 Å². The number of hydrogen-bond acceptors (Lipinski definition) is 5. The molecule has 0 saturated heterocycles. The standard InChI is InChI=1S/C15H21N5O/c1-2-3-4-5-10-21-13-8-6-12(7-9-13)19-20-14(11-16)15(17)18/h6-9,19H,2-5,10H2,1H3,(H3,17,18)/b20-14+. The number of hydrogen-bond donors (Lipinski definition) is 3. The van der Waals surface area contributed by atoms with Crippen molar-refractivity contribution < 1.29 is 4.74 Å². The third-order valence-corrected chi connectivity index (χ3v) is 2.78. The molecular weight excluding hydrogens is 266 g/mol. The number of nitriles is 1. The van der Waals surface area contributed by atoms with Gasteiger partial charge in [0.2, 0.25) is 5.71 Å². The number of nitrogens with two attached hydrogens (primary N) is 1. The fourth-order valence-corrected chi connectivity index (χ4v) is 1.61. The number of nitrogens with one attached hydrogen (secondary N) is 2. The lowest BCUT2D eigenvalue weighted by Crippen LogP contribution is -2.21. The van der Waals surface area contributed by atoms with Gasteiger partial charge in [-0.05, 0) is 30.7 Å². The summed E-state index contributed by atoms with van der Waals surface area (Å²) in [7, 11) is 0. The minimum atomic E-state index is -0.364. The van der Waals surface area contributed by atoms with E-state index in [4.69, 9.17) is 21.1 Å². The van der Waals surface area contributed by atoms with Crippen LogP contribution in [0.15, 0.2) is 29.4 Å². The highest BCUT2D eigenvalue weighted by atomic mass is 16.5. The van der Waals surface area contributed by atoms with Gasteiger partial charge in [0, 0.05) is 0 Å². The van der Waals surface area contributed by atoms with Gasteiger partial charge in [0.25, 0.3) is 0 Å². The minimum absolute atomic E-state index is 0.147. The van der Waals surface area contributed by atoms with E-state index in [1.165, 1.54) is 19.3 Å². The lowest BCUT2D eigenvalue weighted by molar-refractivity contribution is 0.305. The van der Waals surface area contributed by atoms with Gasteiger partial charge >= 0.3 is 0 Å². The van der Waals surface area contributed by atoms with Gasteiger partial charge in [0.15, 0.2) is 5.84 Å². The lowest BCUT2D eigenvalue weighted by Gasteiger charge is -2.07. The van der Waals surface area contributed by atoms with Gasteiger partial charge in [-0.1, -0.05) is 26.2 Å². The van der Waals surface area contributed by atoms with Crippen LogP contribution in [0.4, 0.5) is 5.69 Å². The molecule has 6 heteroatoms. The molecule has 0 spiro atoms. The molecule has 0 aliphatic rings. The molecule has 0 radical (unpaired) electrons.